The Morgan fingerprint density at radius 3 is 2.62 bits per heavy atom. The molecule has 0 aliphatic carbocycles. The lowest BCUT2D eigenvalue weighted by Crippen LogP contribution is -2.08. The summed E-state index contributed by atoms with van der Waals surface area (Å²) >= 11 is 3.23. The zero-order valence-electron chi connectivity index (χ0n) is 14.8. The largest absolute Gasteiger partial charge is 0.508 e. The Bertz CT molecular complexity index is 1060. The smallest absolute Gasteiger partial charge is 0.337 e. The topological polar surface area (TPSA) is 138 Å². The maximum absolute atomic E-state index is 11.9. The first kappa shape index (κ1) is 20.1. The number of aromatic carboxylic acids is 1. The number of carbonyl (C=O) groups is 2. The average molecular weight is 459 g/mol. The SMILES string of the molecule is O=C(/C=C/c1ccc(O)cc1)Nc1nnc(CNc2ccc(Br)cc2C(=O)O)o1. The number of phenolic OH excluding ortho intramolecular Hbond substituents is 1. The highest BCUT2D eigenvalue weighted by Gasteiger charge is 2.12. The molecule has 10 heteroatoms. The fourth-order valence-electron chi connectivity index (χ4n) is 2.30. The van der Waals surface area contributed by atoms with Gasteiger partial charge in [0.25, 0.3) is 5.91 Å². The summed E-state index contributed by atoms with van der Waals surface area (Å²) in [5, 5.41) is 31.4. The van der Waals surface area contributed by atoms with E-state index in [1.165, 1.54) is 24.3 Å². The van der Waals surface area contributed by atoms with Crippen LogP contribution in [0.5, 0.6) is 5.75 Å². The van der Waals surface area contributed by atoms with Crippen LogP contribution in [0.2, 0.25) is 0 Å². The van der Waals surface area contributed by atoms with Gasteiger partial charge in [-0.05, 0) is 42.0 Å². The number of carbonyl (C=O) groups excluding carboxylic acids is 1. The number of carboxylic acids is 1. The lowest BCUT2D eigenvalue weighted by atomic mass is 10.2. The number of hydrogen-bond donors (Lipinski definition) is 4. The monoisotopic (exact) mass is 458 g/mol. The zero-order valence-corrected chi connectivity index (χ0v) is 16.4. The molecule has 0 radical (unpaired) electrons. The normalized spacial score (nSPS) is 10.8. The summed E-state index contributed by atoms with van der Waals surface area (Å²) in [6.07, 6.45) is 2.85. The molecule has 29 heavy (non-hydrogen) atoms. The summed E-state index contributed by atoms with van der Waals surface area (Å²) in [5.74, 6) is -1.24. The van der Waals surface area contributed by atoms with E-state index >= 15 is 0 Å². The number of aromatic hydroxyl groups is 1. The molecule has 3 rings (SSSR count). The molecule has 0 atom stereocenters. The Balaban J connectivity index is 1.57. The first-order chi connectivity index (χ1) is 13.9. The van der Waals surface area contributed by atoms with Crippen LogP contribution in [0.4, 0.5) is 11.7 Å². The molecule has 0 saturated carbocycles. The van der Waals surface area contributed by atoms with Crippen LogP contribution < -0.4 is 10.6 Å². The van der Waals surface area contributed by atoms with Crippen molar-refractivity contribution in [3.8, 4) is 5.75 Å². The minimum atomic E-state index is -1.08. The number of hydrogen-bond acceptors (Lipinski definition) is 7. The first-order valence-corrected chi connectivity index (χ1v) is 9.07. The van der Waals surface area contributed by atoms with E-state index in [2.05, 4.69) is 36.8 Å². The van der Waals surface area contributed by atoms with Crippen LogP contribution in [0.1, 0.15) is 21.8 Å². The van der Waals surface area contributed by atoms with Gasteiger partial charge in [-0.15, -0.1) is 5.10 Å². The van der Waals surface area contributed by atoms with Crippen molar-refractivity contribution in [1.29, 1.82) is 0 Å². The predicted molar refractivity (Wildman–Crippen MR) is 108 cm³/mol. The highest BCUT2D eigenvalue weighted by molar-refractivity contribution is 9.10. The van der Waals surface area contributed by atoms with E-state index in [1.54, 1.807) is 30.3 Å². The fraction of sp³-hybridized carbons (Fsp3) is 0.0526. The molecule has 1 amide bonds. The molecule has 0 fully saturated rings. The molecule has 0 unspecified atom stereocenters. The van der Waals surface area contributed by atoms with E-state index in [1.807, 2.05) is 0 Å². The average Bonchev–Trinajstić information content (AvgIpc) is 3.13. The molecule has 0 saturated heterocycles. The lowest BCUT2D eigenvalue weighted by Gasteiger charge is -2.07. The molecule has 9 nitrogen and oxygen atoms in total. The molecule has 3 aromatic rings. The van der Waals surface area contributed by atoms with Crippen LogP contribution in [0.3, 0.4) is 0 Å². The Labute approximate surface area is 173 Å². The summed E-state index contributed by atoms with van der Waals surface area (Å²) < 4.78 is 5.97. The third-order valence-corrected chi connectivity index (χ3v) is 4.15. The van der Waals surface area contributed by atoms with Crippen LogP contribution in [-0.2, 0) is 11.3 Å². The van der Waals surface area contributed by atoms with Crippen molar-refractivity contribution in [2.24, 2.45) is 0 Å². The Kier molecular flexibility index (Phi) is 6.25. The number of nitrogens with one attached hydrogen (secondary N) is 2. The van der Waals surface area contributed by atoms with Gasteiger partial charge in [-0.2, -0.15) is 0 Å². The van der Waals surface area contributed by atoms with Crippen molar-refractivity contribution in [3.05, 3.63) is 70.0 Å². The van der Waals surface area contributed by atoms with Crippen molar-refractivity contribution < 1.29 is 24.2 Å². The number of rotatable bonds is 7. The summed E-state index contributed by atoms with van der Waals surface area (Å²) in [4.78, 5) is 23.2. The molecule has 0 aliphatic rings. The highest BCUT2D eigenvalue weighted by atomic mass is 79.9. The Morgan fingerprint density at radius 1 is 1.14 bits per heavy atom. The zero-order chi connectivity index (χ0) is 20.8. The number of halogens is 1. The van der Waals surface area contributed by atoms with Crippen LogP contribution in [0, 0.1) is 0 Å². The Hall–Kier alpha value is -3.66. The number of nitrogens with zero attached hydrogens (tertiary/aromatic N) is 2. The van der Waals surface area contributed by atoms with E-state index in [9.17, 15) is 19.8 Å². The minimum absolute atomic E-state index is 0.0775. The Morgan fingerprint density at radius 2 is 1.90 bits per heavy atom. The standard InChI is InChI=1S/C19H15BrN4O5/c20-12-4-7-15(14(9-12)18(27)28)21-10-17-23-24-19(29-17)22-16(26)8-3-11-1-5-13(25)6-2-11/h1-9,21,25H,10H2,(H,27,28)(H,22,24,26)/b8-3+. The fourth-order valence-corrected chi connectivity index (χ4v) is 2.66. The van der Waals surface area contributed by atoms with E-state index in [-0.39, 0.29) is 29.8 Å². The molecule has 0 spiro atoms. The van der Waals surface area contributed by atoms with Gasteiger partial charge >= 0.3 is 12.0 Å². The van der Waals surface area contributed by atoms with Gasteiger partial charge in [0.05, 0.1) is 12.1 Å². The van der Waals surface area contributed by atoms with Crippen LogP contribution in [0.25, 0.3) is 6.08 Å². The number of carboxylic acid groups (broad SMARTS) is 1. The van der Waals surface area contributed by atoms with E-state index < -0.39 is 11.9 Å². The van der Waals surface area contributed by atoms with Gasteiger partial charge in [0.15, 0.2) is 0 Å². The third kappa shape index (κ3) is 5.66. The van der Waals surface area contributed by atoms with Crippen molar-refractivity contribution in [1.82, 2.24) is 10.2 Å². The summed E-state index contributed by atoms with van der Waals surface area (Å²) in [7, 11) is 0. The molecule has 1 aromatic heterocycles. The van der Waals surface area contributed by atoms with Crippen molar-refractivity contribution >= 4 is 45.6 Å². The van der Waals surface area contributed by atoms with E-state index in [0.29, 0.717) is 10.2 Å². The number of benzene rings is 2. The molecule has 2 aromatic carbocycles. The van der Waals surface area contributed by atoms with Crippen LogP contribution >= 0.6 is 15.9 Å². The van der Waals surface area contributed by atoms with E-state index in [0.717, 1.165) is 5.56 Å². The number of aromatic nitrogens is 2. The molecule has 1 heterocycles. The van der Waals surface area contributed by atoms with Crippen LogP contribution in [-0.4, -0.2) is 32.3 Å². The predicted octanol–water partition coefficient (Wildman–Crippen LogP) is 3.50. The third-order valence-electron chi connectivity index (χ3n) is 3.66. The highest BCUT2D eigenvalue weighted by Crippen LogP contribution is 2.22. The first-order valence-electron chi connectivity index (χ1n) is 8.28. The molecule has 0 bridgehead atoms. The van der Waals surface area contributed by atoms with Gasteiger partial charge in [0.1, 0.15) is 5.75 Å². The summed E-state index contributed by atoms with van der Waals surface area (Å²) in [6.45, 7) is 0.0775. The molecule has 148 valence electrons. The van der Waals surface area contributed by atoms with Crippen molar-refractivity contribution in [2.45, 2.75) is 6.54 Å². The molecular weight excluding hydrogens is 444 g/mol. The minimum Gasteiger partial charge on any atom is -0.508 e. The van der Waals surface area contributed by atoms with Gasteiger partial charge in [-0.3, -0.25) is 10.1 Å². The molecule has 4 N–H and O–H groups in total. The maximum Gasteiger partial charge on any atom is 0.337 e. The van der Waals surface area contributed by atoms with Gasteiger partial charge in [-0.1, -0.05) is 33.2 Å². The maximum atomic E-state index is 11.9. The second-order valence-electron chi connectivity index (χ2n) is 5.76. The number of phenols is 1. The van der Waals surface area contributed by atoms with Gasteiger partial charge in [0.2, 0.25) is 5.89 Å². The molecular formula is C19H15BrN4O5. The van der Waals surface area contributed by atoms with E-state index in [4.69, 9.17) is 4.42 Å². The van der Waals surface area contributed by atoms with Gasteiger partial charge in [0, 0.05) is 16.2 Å². The number of anilines is 2. The molecule has 0 aliphatic heterocycles. The lowest BCUT2D eigenvalue weighted by molar-refractivity contribution is -0.112. The number of amides is 1. The van der Waals surface area contributed by atoms with Crippen molar-refractivity contribution in [2.75, 3.05) is 10.6 Å². The van der Waals surface area contributed by atoms with Gasteiger partial charge in [-0.25, -0.2) is 4.79 Å². The second kappa shape index (κ2) is 9.02. The summed E-state index contributed by atoms with van der Waals surface area (Å²) in [5.41, 5.74) is 1.21. The second-order valence-corrected chi connectivity index (χ2v) is 6.68. The van der Waals surface area contributed by atoms with Crippen LogP contribution in [0.15, 0.2) is 57.4 Å². The van der Waals surface area contributed by atoms with Crippen molar-refractivity contribution in [3.63, 3.8) is 0 Å². The summed E-state index contributed by atoms with van der Waals surface area (Å²) in [6, 6.07) is 11.0. The van der Waals surface area contributed by atoms with Gasteiger partial charge < -0.3 is 19.9 Å². The quantitative estimate of drug-likeness (QED) is 0.394.